The van der Waals surface area contributed by atoms with Crippen LogP contribution in [-0.2, 0) is 14.4 Å². The van der Waals surface area contributed by atoms with Crippen LogP contribution >= 0.6 is 0 Å². The van der Waals surface area contributed by atoms with Crippen molar-refractivity contribution >= 4 is 23.4 Å². The van der Waals surface area contributed by atoms with Crippen LogP contribution in [0, 0.1) is 0 Å². The standard InChI is InChI=1S/C15H20N4O4/c1-16-13(20)7-18-14(21)9-19-8-12(15(22)17-2)23-11-6-4-3-5-10(11)19/h3-6,12H,7-9H2,1-2H3,(H,16,20)(H,17,22)(H,18,21)/t12-/m0/s1. The molecule has 2 rings (SSSR count). The second-order valence-electron chi connectivity index (χ2n) is 5.02. The number of para-hydroxylation sites is 2. The Morgan fingerprint density at radius 2 is 1.91 bits per heavy atom. The van der Waals surface area contributed by atoms with E-state index in [-0.39, 0.29) is 37.4 Å². The molecular weight excluding hydrogens is 300 g/mol. The minimum Gasteiger partial charge on any atom is -0.477 e. The number of carbonyl (C=O) groups excluding carboxylic acids is 3. The maximum absolute atomic E-state index is 12.0. The smallest absolute Gasteiger partial charge is 0.262 e. The molecule has 1 atom stereocenters. The molecule has 8 nitrogen and oxygen atoms in total. The van der Waals surface area contributed by atoms with E-state index in [1.54, 1.807) is 17.0 Å². The van der Waals surface area contributed by atoms with Crippen LogP contribution in [0.1, 0.15) is 0 Å². The van der Waals surface area contributed by atoms with E-state index in [1.807, 2.05) is 12.1 Å². The average Bonchev–Trinajstić information content (AvgIpc) is 2.58. The lowest BCUT2D eigenvalue weighted by molar-refractivity contribution is -0.128. The molecule has 0 bridgehead atoms. The van der Waals surface area contributed by atoms with Crippen molar-refractivity contribution in [2.24, 2.45) is 0 Å². The Morgan fingerprint density at radius 3 is 2.61 bits per heavy atom. The van der Waals surface area contributed by atoms with E-state index in [0.29, 0.717) is 5.75 Å². The number of likely N-dealkylation sites (N-methyl/N-ethyl adjacent to an activating group) is 2. The van der Waals surface area contributed by atoms with Crippen LogP contribution in [0.3, 0.4) is 0 Å². The topological polar surface area (TPSA) is 99.8 Å². The molecule has 0 saturated carbocycles. The summed E-state index contributed by atoms with van der Waals surface area (Å²) in [5, 5.41) is 7.51. The molecule has 0 unspecified atom stereocenters. The first-order valence-electron chi connectivity index (χ1n) is 7.24. The Labute approximate surface area is 134 Å². The summed E-state index contributed by atoms with van der Waals surface area (Å²) in [5.41, 5.74) is 0.739. The summed E-state index contributed by atoms with van der Waals surface area (Å²) in [4.78, 5) is 36.8. The summed E-state index contributed by atoms with van der Waals surface area (Å²) in [6.07, 6.45) is -0.693. The summed E-state index contributed by atoms with van der Waals surface area (Å²) in [7, 11) is 3.03. The summed E-state index contributed by atoms with van der Waals surface area (Å²) in [6, 6.07) is 7.20. The van der Waals surface area contributed by atoms with Crippen molar-refractivity contribution < 1.29 is 19.1 Å². The van der Waals surface area contributed by atoms with E-state index >= 15 is 0 Å². The molecule has 0 aromatic heterocycles. The molecule has 1 aliphatic rings. The van der Waals surface area contributed by atoms with Crippen molar-refractivity contribution in [2.75, 3.05) is 38.6 Å². The Morgan fingerprint density at radius 1 is 1.17 bits per heavy atom. The summed E-state index contributed by atoms with van der Waals surface area (Å²) in [5.74, 6) is -0.286. The molecule has 124 valence electrons. The van der Waals surface area contributed by atoms with Gasteiger partial charge in [0, 0.05) is 14.1 Å². The van der Waals surface area contributed by atoms with Gasteiger partial charge in [-0.3, -0.25) is 14.4 Å². The average molecular weight is 320 g/mol. The minimum absolute atomic E-state index is 0.0326. The van der Waals surface area contributed by atoms with Crippen molar-refractivity contribution in [3.63, 3.8) is 0 Å². The third kappa shape index (κ3) is 4.12. The lowest BCUT2D eigenvalue weighted by atomic mass is 10.1. The van der Waals surface area contributed by atoms with Gasteiger partial charge in [-0.25, -0.2) is 0 Å². The quantitative estimate of drug-likeness (QED) is 0.637. The van der Waals surface area contributed by atoms with E-state index in [1.165, 1.54) is 14.1 Å². The zero-order valence-electron chi connectivity index (χ0n) is 13.1. The predicted molar refractivity (Wildman–Crippen MR) is 84.2 cm³/mol. The second-order valence-corrected chi connectivity index (χ2v) is 5.02. The van der Waals surface area contributed by atoms with Gasteiger partial charge >= 0.3 is 0 Å². The fourth-order valence-electron chi connectivity index (χ4n) is 2.25. The number of hydrogen-bond donors (Lipinski definition) is 3. The molecule has 0 fully saturated rings. The van der Waals surface area contributed by atoms with Crippen LogP contribution in [0.5, 0.6) is 5.75 Å². The van der Waals surface area contributed by atoms with Gasteiger partial charge in [-0.1, -0.05) is 12.1 Å². The molecule has 3 amide bonds. The van der Waals surface area contributed by atoms with Crippen LogP contribution in [0.4, 0.5) is 5.69 Å². The van der Waals surface area contributed by atoms with Gasteiger partial charge in [0.15, 0.2) is 6.10 Å². The van der Waals surface area contributed by atoms with Crippen LogP contribution < -0.4 is 25.6 Å². The Hall–Kier alpha value is -2.77. The van der Waals surface area contributed by atoms with Gasteiger partial charge in [0.05, 0.1) is 25.3 Å². The Balaban J connectivity index is 2.08. The maximum Gasteiger partial charge on any atom is 0.262 e. The van der Waals surface area contributed by atoms with Gasteiger partial charge < -0.3 is 25.6 Å². The molecule has 1 aliphatic heterocycles. The Bertz CT molecular complexity index is 605. The summed E-state index contributed by atoms with van der Waals surface area (Å²) >= 11 is 0. The highest BCUT2D eigenvalue weighted by Crippen LogP contribution is 2.32. The first kappa shape index (κ1) is 16.6. The SMILES string of the molecule is CNC(=O)CNC(=O)CN1C[C@@H](C(=O)NC)Oc2ccccc21. The third-order valence-electron chi connectivity index (χ3n) is 3.46. The second kappa shape index (κ2) is 7.48. The van der Waals surface area contributed by atoms with E-state index in [4.69, 9.17) is 4.74 Å². The fourth-order valence-corrected chi connectivity index (χ4v) is 2.25. The Kier molecular flexibility index (Phi) is 5.40. The maximum atomic E-state index is 12.0. The molecule has 3 N–H and O–H groups in total. The fraction of sp³-hybridized carbons (Fsp3) is 0.400. The summed E-state index contributed by atoms with van der Waals surface area (Å²) in [6.45, 7) is 0.204. The van der Waals surface area contributed by atoms with Gasteiger partial charge in [-0.2, -0.15) is 0 Å². The van der Waals surface area contributed by atoms with Gasteiger partial charge in [-0.05, 0) is 12.1 Å². The molecule has 1 aromatic carbocycles. The molecule has 8 heteroatoms. The number of nitrogens with zero attached hydrogens (tertiary/aromatic N) is 1. The molecule has 1 aromatic rings. The van der Waals surface area contributed by atoms with E-state index in [0.717, 1.165) is 5.69 Å². The van der Waals surface area contributed by atoms with Gasteiger partial charge in [0.1, 0.15) is 5.75 Å². The number of hydrogen-bond acceptors (Lipinski definition) is 5. The van der Waals surface area contributed by atoms with Crippen molar-refractivity contribution in [2.45, 2.75) is 6.10 Å². The van der Waals surface area contributed by atoms with E-state index in [2.05, 4.69) is 16.0 Å². The van der Waals surface area contributed by atoms with Crippen molar-refractivity contribution in [1.82, 2.24) is 16.0 Å². The lowest BCUT2D eigenvalue weighted by Gasteiger charge is -2.34. The molecule has 0 radical (unpaired) electrons. The highest BCUT2D eigenvalue weighted by molar-refractivity contribution is 5.88. The number of rotatable bonds is 5. The van der Waals surface area contributed by atoms with E-state index in [9.17, 15) is 14.4 Å². The largest absolute Gasteiger partial charge is 0.477 e. The third-order valence-corrected chi connectivity index (χ3v) is 3.46. The lowest BCUT2D eigenvalue weighted by Crippen LogP contribution is -2.51. The number of fused-ring (bicyclic) bond motifs is 1. The molecule has 1 heterocycles. The van der Waals surface area contributed by atoms with Gasteiger partial charge in [-0.15, -0.1) is 0 Å². The molecule has 0 saturated heterocycles. The van der Waals surface area contributed by atoms with Gasteiger partial charge in [0.2, 0.25) is 11.8 Å². The minimum atomic E-state index is -0.693. The zero-order valence-corrected chi connectivity index (χ0v) is 13.1. The molecular formula is C15H20N4O4. The van der Waals surface area contributed by atoms with Gasteiger partial charge in [0.25, 0.3) is 5.91 Å². The zero-order chi connectivity index (χ0) is 16.8. The van der Waals surface area contributed by atoms with Crippen molar-refractivity contribution in [3.8, 4) is 5.75 Å². The number of nitrogens with one attached hydrogen (secondary N) is 3. The number of amides is 3. The number of anilines is 1. The monoisotopic (exact) mass is 320 g/mol. The van der Waals surface area contributed by atoms with Crippen LogP contribution in [0.2, 0.25) is 0 Å². The number of ether oxygens (including phenoxy) is 1. The number of benzene rings is 1. The molecule has 0 spiro atoms. The molecule has 0 aliphatic carbocycles. The summed E-state index contributed by atoms with van der Waals surface area (Å²) < 4.78 is 5.66. The van der Waals surface area contributed by atoms with Crippen LogP contribution in [-0.4, -0.2) is 57.6 Å². The highest BCUT2D eigenvalue weighted by Gasteiger charge is 2.30. The first-order valence-corrected chi connectivity index (χ1v) is 7.24. The van der Waals surface area contributed by atoms with Crippen LogP contribution in [0.15, 0.2) is 24.3 Å². The number of carbonyl (C=O) groups is 3. The molecule has 23 heavy (non-hydrogen) atoms. The normalized spacial score (nSPS) is 15.9. The predicted octanol–water partition coefficient (Wildman–Crippen LogP) is -1.14. The highest BCUT2D eigenvalue weighted by atomic mass is 16.5. The van der Waals surface area contributed by atoms with E-state index < -0.39 is 6.10 Å². The van der Waals surface area contributed by atoms with Crippen molar-refractivity contribution in [1.29, 1.82) is 0 Å². The first-order chi connectivity index (χ1) is 11.0. The van der Waals surface area contributed by atoms with Crippen LogP contribution in [0.25, 0.3) is 0 Å². The van der Waals surface area contributed by atoms with Crippen molar-refractivity contribution in [3.05, 3.63) is 24.3 Å².